The number of methoxy groups -OCH3 is 1. The number of hydrogen-bond donors (Lipinski definition) is 2. The van der Waals surface area contributed by atoms with Gasteiger partial charge in [0.2, 0.25) is 11.4 Å². The van der Waals surface area contributed by atoms with Gasteiger partial charge in [-0.2, -0.15) is 0 Å². The summed E-state index contributed by atoms with van der Waals surface area (Å²) < 4.78 is 4.99. The number of fused-ring (bicyclic) bond motifs is 1. The highest BCUT2D eigenvalue weighted by molar-refractivity contribution is 6.05. The molecule has 0 unspecified atom stereocenters. The molecule has 0 aliphatic carbocycles. The van der Waals surface area contributed by atoms with Gasteiger partial charge in [0.15, 0.2) is 0 Å². The summed E-state index contributed by atoms with van der Waals surface area (Å²) in [5.74, 6) is 0.212. The molecule has 1 aromatic carbocycles. The number of aromatic amines is 1. The fourth-order valence-electron chi connectivity index (χ4n) is 2.31. The van der Waals surface area contributed by atoms with Gasteiger partial charge in [-0.1, -0.05) is 24.3 Å². The summed E-state index contributed by atoms with van der Waals surface area (Å²) in [6, 6.07) is 12.1. The zero-order valence-corrected chi connectivity index (χ0v) is 12.5. The zero-order valence-electron chi connectivity index (χ0n) is 12.5. The van der Waals surface area contributed by atoms with E-state index in [4.69, 9.17) is 4.74 Å². The molecular formula is C17H15N3O3. The fourth-order valence-corrected chi connectivity index (χ4v) is 2.31. The average Bonchev–Trinajstić information content (AvgIpc) is 2.59. The second kappa shape index (κ2) is 6.31. The van der Waals surface area contributed by atoms with Crippen LogP contribution in [0.2, 0.25) is 0 Å². The molecule has 3 rings (SSSR count). The molecule has 0 saturated carbocycles. The number of nitrogens with zero attached hydrogens (tertiary/aromatic N) is 1. The van der Waals surface area contributed by atoms with Gasteiger partial charge in [0, 0.05) is 35.8 Å². The Morgan fingerprint density at radius 1 is 1.26 bits per heavy atom. The minimum absolute atomic E-state index is 0.303. The standard InChI is InChI=1S/C17H15N3O3/c1-23-16-7-6-11(9-18-16)10-19-17(22)13-8-15(21)20-14-5-3-2-4-12(13)14/h2-9H,10H2,1H3,(H,19,22)(H,20,21). The SMILES string of the molecule is COc1ccc(CNC(=O)c2cc(=O)[nH]c3ccccc23)cn1. The van der Waals surface area contributed by atoms with E-state index in [1.165, 1.54) is 6.07 Å². The lowest BCUT2D eigenvalue weighted by atomic mass is 10.1. The lowest BCUT2D eigenvalue weighted by Crippen LogP contribution is -2.24. The van der Waals surface area contributed by atoms with Gasteiger partial charge in [-0.3, -0.25) is 9.59 Å². The molecule has 0 bridgehead atoms. The molecule has 23 heavy (non-hydrogen) atoms. The predicted molar refractivity (Wildman–Crippen MR) is 86.5 cm³/mol. The molecule has 1 amide bonds. The Labute approximate surface area is 132 Å². The van der Waals surface area contributed by atoms with Crippen LogP contribution < -0.4 is 15.6 Å². The number of rotatable bonds is 4. The molecule has 2 aromatic heterocycles. The van der Waals surface area contributed by atoms with Crippen molar-refractivity contribution in [2.75, 3.05) is 7.11 Å². The number of hydrogen-bond acceptors (Lipinski definition) is 4. The van der Waals surface area contributed by atoms with Gasteiger partial charge in [0.1, 0.15) is 0 Å². The normalized spacial score (nSPS) is 10.5. The van der Waals surface area contributed by atoms with Crippen LogP contribution in [0.4, 0.5) is 0 Å². The van der Waals surface area contributed by atoms with E-state index >= 15 is 0 Å². The first-order chi connectivity index (χ1) is 11.2. The van der Waals surface area contributed by atoms with E-state index in [0.717, 1.165) is 5.56 Å². The van der Waals surface area contributed by atoms with E-state index in [-0.39, 0.29) is 11.5 Å². The highest BCUT2D eigenvalue weighted by atomic mass is 16.5. The molecule has 2 N–H and O–H groups in total. The van der Waals surface area contributed by atoms with Crippen molar-refractivity contribution < 1.29 is 9.53 Å². The van der Waals surface area contributed by atoms with E-state index < -0.39 is 0 Å². The van der Waals surface area contributed by atoms with Crippen molar-refractivity contribution >= 4 is 16.8 Å². The van der Waals surface area contributed by atoms with Gasteiger partial charge in [-0.05, 0) is 11.6 Å². The Kier molecular flexibility index (Phi) is 4.05. The molecule has 0 saturated heterocycles. The number of benzene rings is 1. The number of aromatic nitrogens is 2. The quantitative estimate of drug-likeness (QED) is 0.770. The van der Waals surface area contributed by atoms with Crippen LogP contribution in [0, 0.1) is 0 Å². The number of carbonyl (C=O) groups is 1. The largest absolute Gasteiger partial charge is 0.481 e. The maximum Gasteiger partial charge on any atom is 0.252 e. The number of para-hydroxylation sites is 1. The lowest BCUT2D eigenvalue weighted by Gasteiger charge is -2.08. The summed E-state index contributed by atoms with van der Waals surface area (Å²) in [6.07, 6.45) is 1.63. The van der Waals surface area contributed by atoms with Crippen molar-refractivity contribution in [2.24, 2.45) is 0 Å². The Hall–Kier alpha value is -3.15. The number of H-pyrrole nitrogens is 1. The van der Waals surface area contributed by atoms with Gasteiger partial charge in [-0.15, -0.1) is 0 Å². The van der Waals surface area contributed by atoms with Crippen LogP contribution in [0.1, 0.15) is 15.9 Å². The van der Waals surface area contributed by atoms with Crippen LogP contribution in [0.3, 0.4) is 0 Å². The van der Waals surface area contributed by atoms with Crippen LogP contribution in [0.25, 0.3) is 10.9 Å². The Bertz CT molecular complexity index is 901. The third kappa shape index (κ3) is 3.21. The molecule has 3 aromatic rings. The highest BCUT2D eigenvalue weighted by Crippen LogP contribution is 2.14. The number of carbonyl (C=O) groups excluding carboxylic acids is 1. The summed E-state index contributed by atoms with van der Waals surface area (Å²) in [7, 11) is 1.54. The van der Waals surface area contributed by atoms with Gasteiger partial charge in [-0.25, -0.2) is 4.98 Å². The smallest absolute Gasteiger partial charge is 0.252 e. The highest BCUT2D eigenvalue weighted by Gasteiger charge is 2.11. The van der Waals surface area contributed by atoms with E-state index in [0.29, 0.717) is 28.9 Å². The molecule has 0 spiro atoms. The Balaban J connectivity index is 1.81. The first kappa shape index (κ1) is 14.8. The monoisotopic (exact) mass is 309 g/mol. The van der Waals surface area contributed by atoms with E-state index in [1.54, 1.807) is 31.5 Å². The molecule has 6 nitrogen and oxygen atoms in total. The lowest BCUT2D eigenvalue weighted by molar-refractivity contribution is 0.0952. The van der Waals surface area contributed by atoms with E-state index in [1.807, 2.05) is 18.2 Å². The van der Waals surface area contributed by atoms with Crippen LogP contribution in [-0.2, 0) is 6.54 Å². The number of nitrogens with one attached hydrogen (secondary N) is 2. The first-order valence-corrected chi connectivity index (χ1v) is 7.06. The Morgan fingerprint density at radius 2 is 2.09 bits per heavy atom. The van der Waals surface area contributed by atoms with Crippen molar-refractivity contribution in [1.82, 2.24) is 15.3 Å². The maximum atomic E-state index is 12.4. The second-order valence-electron chi connectivity index (χ2n) is 4.98. The summed E-state index contributed by atoms with van der Waals surface area (Å²) in [5, 5.41) is 3.51. The molecule has 0 radical (unpaired) electrons. The van der Waals surface area contributed by atoms with Crippen molar-refractivity contribution in [3.63, 3.8) is 0 Å². The van der Waals surface area contributed by atoms with Crippen LogP contribution in [0.15, 0.2) is 53.5 Å². The summed E-state index contributed by atoms with van der Waals surface area (Å²) >= 11 is 0. The third-order valence-corrected chi connectivity index (χ3v) is 3.45. The number of amides is 1. The minimum atomic E-state index is -0.306. The van der Waals surface area contributed by atoms with Crippen molar-refractivity contribution in [3.8, 4) is 5.88 Å². The van der Waals surface area contributed by atoms with Gasteiger partial charge in [0.05, 0.1) is 12.7 Å². The number of pyridine rings is 2. The summed E-state index contributed by atoms with van der Waals surface area (Å²) in [5.41, 5.74) is 1.52. The van der Waals surface area contributed by atoms with Gasteiger partial charge < -0.3 is 15.0 Å². The fraction of sp³-hybridized carbons (Fsp3) is 0.118. The molecule has 0 aliphatic rings. The minimum Gasteiger partial charge on any atom is -0.481 e. The second-order valence-corrected chi connectivity index (χ2v) is 4.98. The molecule has 116 valence electrons. The molecule has 6 heteroatoms. The van der Waals surface area contributed by atoms with Crippen molar-refractivity contribution in [3.05, 3.63) is 70.1 Å². The maximum absolute atomic E-state index is 12.4. The third-order valence-electron chi connectivity index (χ3n) is 3.45. The molecule has 0 atom stereocenters. The van der Waals surface area contributed by atoms with E-state index in [9.17, 15) is 9.59 Å². The van der Waals surface area contributed by atoms with Crippen LogP contribution in [-0.4, -0.2) is 23.0 Å². The van der Waals surface area contributed by atoms with E-state index in [2.05, 4.69) is 15.3 Å². The van der Waals surface area contributed by atoms with Crippen molar-refractivity contribution in [2.45, 2.75) is 6.54 Å². The molecule has 0 fully saturated rings. The predicted octanol–water partition coefficient (Wildman–Crippen LogP) is 1.86. The average molecular weight is 309 g/mol. The van der Waals surface area contributed by atoms with Gasteiger partial charge in [0.25, 0.3) is 5.91 Å². The zero-order chi connectivity index (χ0) is 16.2. The van der Waals surface area contributed by atoms with Gasteiger partial charge >= 0.3 is 0 Å². The Morgan fingerprint density at radius 3 is 2.83 bits per heavy atom. The topological polar surface area (TPSA) is 84.1 Å². The molecule has 0 aliphatic heterocycles. The molecular weight excluding hydrogens is 294 g/mol. The first-order valence-electron chi connectivity index (χ1n) is 7.06. The summed E-state index contributed by atoms with van der Waals surface area (Å²) in [6.45, 7) is 0.316. The molecule has 2 heterocycles. The van der Waals surface area contributed by atoms with Crippen molar-refractivity contribution in [1.29, 1.82) is 0 Å². The number of ether oxygens (including phenoxy) is 1. The van der Waals surface area contributed by atoms with Crippen LogP contribution >= 0.6 is 0 Å². The summed E-state index contributed by atoms with van der Waals surface area (Å²) in [4.78, 5) is 30.9. The van der Waals surface area contributed by atoms with Crippen LogP contribution in [0.5, 0.6) is 5.88 Å².